The van der Waals surface area contributed by atoms with E-state index in [4.69, 9.17) is 4.42 Å². The van der Waals surface area contributed by atoms with Gasteiger partial charge in [0.2, 0.25) is 0 Å². The molecule has 6 nitrogen and oxygen atoms in total. The van der Waals surface area contributed by atoms with Crippen molar-refractivity contribution in [2.75, 3.05) is 6.54 Å². The van der Waals surface area contributed by atoms with Crippen LogP contribution in [0.5, 0.6) is 0 Å². The number of ketones is 1. The molecular formula is C25H24N2O4. The Morgan fingerprint density at radius 3 is 2.42 bits per heavy atom. The van der Waals surface area contributed by atoms with Crippen molar-refractivity contribution in [2.24, 2.45) is 0 Å². The lowest BCUT2D eigenvalue weighted by Gasteiger charge is -2.27. The fraction of sp³-hybridized carbons (Fsp3) is 0.280. The predicted octanol–water partition coefficient (Wildman–Crippen LogP) is 4.93. The van der Waals surface area contributed by atoms with Crippen LogP contribution in [0.2, 0.25) is 0 Å². The van der Waals surface area contributed by atoms with Gasteiger partial charge in [0, 0.05) is 23.2 Å². The Balaban J connectivity index is 1.93. The minimum atomic E-state index is -0.538. The van der Waals surface area contributed by atoms with E-state index < -0.39 is 11.8 Å². The van der Waals surface area contributed by atoms with Gasteiger partial charge in [-0.05, 0) is 44.1 Å². The smallest absolute Gasteiger partial charge is 0.271 e. The predicted molar refractivity (Wildman–Crippen MR) is 117 cm³/mol. The van der Waals surface area contributed by atoms with E-state index in [-0.39, 0.29) is 23.5 Å². The fourth-order valence-electron chi connectivity index (χ4n) is 3.45. The summed E-state index contributed by atoms with van der Waals surface area (Å²) in [4.78, 5) is 38.2. The number of hydrogen-bond donors (Lipinski definition) is 0. The molecule has 2 amide bonds. The van der Waals surface area contributed by atoms with Gasteiger partial charge in [-0.1, -0.05) is 44.0 Å². The highest BCUT2D eigenvalue weighted by molar-refractivity contribution is 6.19. The van der Waals surface area contributed by atoms with Gasteiger partial charge in [0.05, 0.1) is 0 Å². The zero-order valence-corrected chi connectivity index (χ0v) is 17.9. The lowest BCUT2D eigenvalue weighted by Crippen LogP contribution is -2.43. The summed E-state index contributed by atoms with van der Waals surface area (Å²) >= 11 is 0. The summed E-state index contributed by atoms with van der Waals surface area (Å²) in [5.74, 6) is 0.0582. The summed E-state index contributed by atoms with van der Waals surface area (Å²) in [6.07, 6.45) is 4.12. The van der Waals surface area contributed by atoms with E-state index in [2.05, 4.69) is 0 Å². The molecule has 0 spiro atoms. The molecule has 0 radical (unpaired) electrons. The number of unbranched alkanes of at least 4 members (excludes halogenated alkanes) is 2. The molecule has 2 aromatic rings. The zero-order valence-electron chi connectivity index (χ0n) is 17.9. The standard InChI is InChI=1S/C25H24N2O4/c1-4-5-6-13-27-24(29)21(16(2)22(15-26)25(27)30)14-20-11-12-23(31-20)19-9-7-18(8-10-19)17(3)28/h7-12,14H,4-6,13H2,1-3H3/b21-14+. The fourth-order valence-corrected chi connectivity index (χ4v) is 3.45. The summed E-state index contributed by atoms with van der Waals surface area (Å²) in [5.41, 5.74) is 2.02. The van der Waals surface area contributed by atoms with Gasteiger partial charge < -0.3 is 4.42 Å². The van der Waals surface area contributed by atoms with E-state index in [1.807, 2.05) is 13.0 Å². The summed E-state index contributed by atoms with van der Waals surface area (Å²) in [6.45, 7) is 5.44. The highest BCUT2D eigenvalue weighted by atomic mass is 16.3. The van der Waals surface area contributed by atoms with Crippen molar-refractivity contribution in [3.63, 3.8) is 0 Å². The number of benzene rings is 1. The molecule has 31 heavy (non-hydrogen) atoms. The van der Waals surface area contributed by atoms with Gasteiger partial charge in [-0.25, -0.2) is 0 Å². The van der Waals surface area contributed by atoms with Gasteiger partial charge in [0.25, 0.3) is 11.8 Å². The largest absolute Gasteiger partial charge is 0.457 e. The minimum Gasteiger partial charge on any atom is -0.457 e. The van der Waals surface area contributed by atoms with Crippen molar-refractivity contribution in [1.82, 2.24) is 4.90 Å². The number of carbonyl (C=O) groups excluding carboxylic acids is 3. The van der Waals surface area contributed by atoms with Crippen molar-refractivity contribution in [3.8, 4) is 17.4 Å². The molecule has 0 atom stereocenters. The van der Waals surface area contributed by atoms with E-state index in [9.17, 15) is 19.6 Å². The van der Waals surface area contributed by atoms with Crippen molar-refractivity contribution in [2.45, 2.75) is 40.0 Å². The molecule has 3 rings (SSSR count). The summed E-state index contributed by atoms with van der Waals surface area (Å²) < 4.78 is 5.88. The van der Waals surface area contributed by atoms with E-state index in [0.717, 1.165) is 23.3 Å². The number of carbonyl (C=O) groups is 3. The number of imide groups is 1. The topological polar surface area (TPSA) is 91.4 Å². The molecule has 1 aromatic carbocycles. The molecule has 0 saturated carbocycles. The van der Waals surface area contributed by atoms with Crippen LogP contribution in [0.4, 0.5) is 0 Å². The number of amides is 2. The number of Topliss-reactive ketones (excluding diaryl/α,β-unsaturated/α-hetero) is 1. The first-order valence-corrected chi connectivity index (χ1v) is 10.3. The van der Waals surface area contributed by atoms with Crippen molar-refractivity contribution in [3.05, 3.63) is 64.4 Å². The molecule has 0 saturated heterocycles. The summed E-state index contributed by atoms with van der Waals surface area (Å²) in [5, 5.41) is 9.46. The number of nitriles is 1. The highest BCUT2D eigenvalue weighted by Crippen LogP contribution is 2.29. The molecule has 0 aliphatic carbocycles. The number of hydrogen-bond acceptors (Lipinski definition) is 5. The van der Waals surface area contributed by atoms with Gasteiger partial charge >= 0.3 is 0 Å². The molecular weight excluding hydrogens is 392 g/mol. The molecule has 0 bridgehead atoms. The van der Waals surface area contributed by atoms with Crippen LogP contribution >= 0.6 is 0 Å². The molecule has 0 fully saturated rings. The van der Waals surface area contributed by atoms with Gasteiger partial charge in [0.1, 0.15) is 23.2 Å². The first kappa shape index (κ1) is 22.0. The Kier molecular flexibility index (Phi) is 6.66. The third-order valence-electron chi connectivity index (χ3n) is 5.30. The molecule has 1 aliphatic rings. The lowest BCUT2D eigenvalue weighted by atomic mass is 9.94. The minimum absolute atomic E-state index is 0.0131. The molecule has 1 aliphatic heterocycles. The molecule has 6 heteroatoms. The Morgan fingerprint density at radius 1 is 1.10 bits per heavy atom. The maximum Gasteiger partial charge on any atom is 0.271 e. The van der Waals surface area contributed by atoms with Crippen LogP contribution in [-0.2, 0) is 9.59 Å². The van der Waals surface area contributed by atoms with Crippen LogP contribution < -0.4 is 0 Å². The first-order chi connectivity index (χ1) is 14.9. The Labute approximate surface area is 181 Å². The maximum absolute atomic E-state index is 13.0. The van der Waals surface area contributed by atoms with Crippen LogP contribution in [0.15, 0.2) is 57.5 Å². The number of nitrogens with zero attached hydrogens (tertiary/aromatic N) is 2. The van der Waals surface area contributed by atoms with Crippen molar-refractivity contribution in [1.29, 1.82) is 5.26 Å². The van der Waals surface area contributed by atoms with Crippen LogP contribution in [-0.4, -0.2) is 29.0 Å². The Morgan fingerprint density at radius 2 is 1.81 bits per heavy atom. The van der Waals surface area contributed by atoms with E-state index in [1.54, 1.807) is 49.4 Å². The molecule has 2 heterocycles. The monoisotopic (exact) mass is 416 g/mol. The molecule has 0 unspecified atom stereocenters. The average molecular weight is 416 g/mol. The summed E-state index contributed by atoms with van der Waals surface area (Å²) in [7, 11) is 0. The molecule has 158 valence electrons. The van der Waals surface area contributed by atoms with Gasteiger partial charge in [-0.2, -0.15) is 5.26 Å². The summed E-state index contributed by atoms with van der Waals surface area (Å²) in [6, 6.07) is 12.5. The zero-order chi connectivity index (χ0) is 22.5. The average Bonchev–Trinajstić information content (AvgIpc) is 3.23. The normalized spacial score (nSPS) is 15.5. The second kappa shape index (κ2) is 9.40. The second-order valence-corrected chi connectivity index (χ2v) is 7.47. The van der Waals surface area contributed by atoms with Crippen LogP contribution in [0.3, 0.4) is 0 Å². The van der Waals surface area contributed by atoms with Gasteiger partial charge in [0.15, 0.2) is 5.78 Å². The van der Waals surface area contributed by atoms with Crippen LogP contribution in [0.25, 0.3) is 17.4 Å². The first-order valence-electron chi connectivity index (χ1n) is 10.3. The molecule has 1 aromatic heterocycles. The Bertz CT molecular complexity index is 1130. The van der Waals surface area contributed by atoms with Crippen molar-refractivity contribution >= 4 is 23.7 Å². The third-order valence-corrected chi connectivity index (χ3v) is 5.30. The van der Waals surface area contributed by atoms with E-state index in [0.29, 0.717) is 29.1 Å². The number of rotatable bonds is 7. The SMILES string of the molecule is CCCCCN1C(=O)C(C#N)=C(C)/C(=C\c2ccc(-c3ccc(C(C)=O)cc3)o2)C1=O. The van der Waals surface area contributed by atoms with Crippen molar-refractivity contribution < 1.29 is 18.8 Å². The van der Waals surface area contributed by atoms with Crippen LogP contribution in [0, 0.1) is 11.3 Å². The quantitative estimate of drug-likeness (QED) is 0.276. The van der Waals surface area contributed by atoms with E-state index >= 15 is 0 Å². The van der Waals surface area contributed by atoms with Gasteiger partial charge in [-0.15, -0.1) is 0 Å². The second-order valence-electron chi connectivity index (χ2n) is 7.47. The third kappa shape index (κ3) is 4.56. The maximum atomic E-state index is 13.0. The van der Waals surface area contributed by atoms with E-state index in [1.165, 1.54) is 6.92 Å². The lowest BCUT2D eigenvalue weighted by molar-refractivity contribution is -0.140. The molecule has 0 N–H and O–H groups in total. The van der Waals surface area contributed by atoms with Gasteiger partial charge in [-0.3, -0.25) is 19.3 Å². The number of furan rings is 1. The highest BCUT2D eigenvalue weighted by Gasteiger charge is 2.35. The van der Waals surface area contributed by atoms with Crippen LogP contribution in [0.1, 0.15) is 56.2 Å². The Hall–Kier alpha value is -3.72.